The van der Waals surface area contributed by atoms with Crippen LogP contribution in [0.4, 0.5) is 0 Å². The van der Waals surface area contributed by atoms with Gasteiger partial charge in [-0.15, -0.1) is 0 Å². The fraction of sp³-hybridized carbons (Fsp3) is 0.269. The number of nitrogens with zero attached hydrogens (tertiary/aromatic N) is 2. The van der Waals surface area contributed by atoms with Crippen molar-refractivity contribution in [3.8, 4) is 17.2 Å². The third kappa shape index (κ3) is 3.50. The number of hydrazone groups is 1. The quantitative estimate of drug-likeness (QED) is 0.542. The normalized spacial score (nSPS) is 19.2. The zero-order valence-electron chi connectivity index (χ0n) is 18.0. The van der Waals surface area contributed by atoms with E-state index in [1.807, 2.05) is 37.3 Å². The zero-order valence-corrected chi connectivity index (χ0v) is 18.0. The van der Waals surface area contributed by atoms with Gasteiger partial charge in [0.15, 0.2) is 11.5 Å². The SMILES string of the molecule is CCOc1ccc([C@@H]2Oc3ccccc3[C@@H]3CC(c4ccc(C)cc4)=NN32)cc1OC. The van der Waals surface area contributed by atoms with Gasteiger partial charge in [-0.3, -0.25) is 0 Å². The molecule has 0 N–H and O–H groups in total. The molecule has 3 aromatic rings. The van der Waals surface area contributed by atoms with Crippen LogP contribution in [0.15, 0.2) is 71.8 Å². The predicted octanol–water partition coefficient (Wildman–Crippen LogP) is 5.64. The number of hydrogen-bond donors (Lipinski definition) is 0. The van der Waals surface area contributed by atoms with Gasteiger partial charge in [0.1, 0.15) is 5.75 Å². The molecule has 0 spiro atoms. The average Bonchev–Trinajstić information content (AvgIpc) is 3.25. The first-order valence-corrected chi connectivity index (χ1v) is 10.7. The van der Waals surface area contributed by atoms with Crippen LogP contribution in [0, 0.1) is 6.92 Å². The van der Waals surface area contributed by atoms with Crippen molar-refractivity contribution < 1.29 is 14.2 Å². The first-order valence-electron chi connectivity index (χ1n) is 10.7. The Balaban J connectivity index is 1.56. The van der Waals surface area contributed by atoms with Crippen molar-refractivity contribution in [1.82, 2.24) is 5.01 Å². The zero-order chi connectivity index (χ0) is 21.4. The molecule has 2 aliphatic rings. The molecule has 0 unspecified atom stereocenters. The van der Waals surface area contributed by atoms with E-state index in [1.165, 1.54) is 11.1 Å². The molecule has 158 valence electrons. The number of ether oxygens (including phenoxy) is 3. The summed E-state index contributed by atoms with van der Waals surface area (Å²) in [5, 5.41) is 7.12. The Bertz CT molecular complexity index is 1120. The third-order valence-electron chi connectivity index (χ3n) is 5.86. The maximum absolute atomic E-state index is 6.46. The standard InChI is InChI=1S/C26H26N2O3/c1-4-30-24-14-13-19(15-25(24)29-3)26-28-22(20-7-5-6-8-23(20)31-26)16-21(27-28)18-11-9-17(2)10-12-18/h5-15,22,26H,4,16H2,1-3H3/t22-,26-/m0/s1. The summed E-state index contributed by atoms with van der Waals surface area (Å²) < 4.78 is 17.7. The van der Waals surface area contributed by atoms with Gasteiger partial charge in [-0.05, 0) is 43.7 Å². The summed E-state index contributed by atoms with van der Waals surface area (Å²) in [6.45, 7) is 4.65. The van der Waals surface area contributed by atoms with E-state index in [2.05, 4.69) is 48.3 Å². The lowest BCUT2D eigenvalue weighted by Gasteiger charge is -2.38. The number of para-hydroxylation sites is 1. The minimum Gasteiger partial charge on any atom is -0.493 e. The van der Waals surface area contributed by atoms with Crippen LogP contribution in [0.1, 0.15) is 47.9 Å². The summed E-state index contributed by atoms with van der Waals surface area (Å²) in [7, 11) is 1.66. The number of methoxy groups -OCH3 is 1. The van der Waals surface area contributed by atoms with Gasteiger partial charge in [0, 0.05) is 17.5 Å². The Morgan fingerprint density at radius 2 is 1.84 bits per heavy atom. The minimum atomic E-state index is -0.340. The highest BCUT2D eigenvalue weighted by atomic mass is 16.5. The molecule has 2 heterocycles. The van der Waals surface area contributed by atoms with Gasteiger partial charge in [0.25, 0.3) is 0 Å². The van der Waals surface area contributed by atoms with Gasteiger partial charge in [-0.1, -0.05) is 48.0 Å². The number of hydrogen-bond acceptors (Lipinski definition) is 5. The average molecular weight is 415 g/mol. The van der Waals surface area contributed by atoms with Crippen LogP contribution >= 0.6 is 0 Å². The van der Waals surface area contributed by atoms with Gasteiger partial charge in [0.05, 0.1) is 25.5 Å². The molecule has 5 heteroatoms. The highest BCUT2D eigenvalue weighted by molar-refractivity contribution is 6.02. The molecule has 0 radical (unpaired) electrons. The first kappa shape index (κ1) is 19.5. The maximum Gasteiger partial charge on any atom is 0.214 e. The molecular formula is C26H26N2O3. The molecule has 2 aliphatic heterocycles. The van der Waals surface area contributed by atoms with Crippen LogP contribution in [0.25, 0.3) is 0 Å². The predicted molar refractivity (Wildman–Crippen MR) is 121 cm³/mol. The second-order valence-corrected chi connectivity index (χ2v) is 7.86. The molecule has 2 atom stereocenters. The second kappa shape index (κ2) is 7.99. The van der Waals surface area contributed by atoms with E-state index < -0.39 is 0 Å². The lowest BCUT2D eigenvalue weighted by Crippen LogP contribution is -2.33. The maximum atomic E-state index is 6.46. The fourth-order valence-corrected chi connectivity index (χ4v) is 4.29. The first-order chi connectivity index (χ1) is 15.2. The van der Waals surface area contributed by atoms with Gasteiger partial charge < -0.3 is 14.2 Å². The van der Waals surface area contributed by atoms with E-state index >= 15 is 0 Å². The van der Waals surface area contributed by atoms with Gasteiger partial charge in [-0.25, -0.2) is 5.01 Å². The summed E-state index contributed by atoms with van der Waals surface area (Å²) in [4.78, 5) is 0. The summed E-state index contributed by atoms with van der Waals surface area (Å²) in [5.74, 6) is 2.33. The molecule has 3 aromatic carbocycles. The number of benzene rings is 3. The van der Waals surface area contributed by atoms with E-state index in [9.17, 15) is 0 Å². The van der Waals surface area contributed by atoms with Gasteiger partial charge >= 0.3 is 0 Å². The van der Waals surface area contributed by atoms with E-state index in [1.54, 1.807) is 7.11 Å². The van der Waals surface area contributed by atoms with Crippen molar-refractivity contribution in [2.45, 2.75) is 32.5 Å². The van der Waals surface area contributed by atoms with Crippen LogP contribution in [0.5, 0.6) is 17.2 Å². The van der Waals surface area contributed by atoms with Crippen molar-refractivity contribution in [3.63, 3.8) is 0 Å². The Labute approximate surface area is 182 Å². The number of fused-ring (bicyclic) bond motifs is 3. The van der Waals surface area contributed by atoms with Gasteiger partial charge in [0.2, 0.25) is 6.23 Å². The Hall–Kier alpha value is -3.47. The van der Waals surface area contributed by atoms with Crippen LogP contribution < -0.4 is 14.2 Å². The van der Waals surface area contributed by atoms with E-state index in [0.717, 1.165) is 34.8 Å². The molecule has 0 saturated heterocycles. The Morgan fingerprint density at radius 1 is 1.03 bits per heavy atom. The molecule has 0 fully saturated rings. The van der Waals surface area contributed by atoms with E-state index in [4.69, 9.17) is 19.3 Å². The van der Waals surface area contributed by atoms with E-state index in [-0.39, 0.29) is 12.3 Å². The summed E-state index contributed by atoms with van der Waals surface area (Å²) in [5.41, 5.74) is 5.62. The molecule has 5 rings (SSSR count). The monoisotopic (exact) mass is 414 g/mol. The molecule has 0 amide bonds. The highest BCUT2D eigenvalue weighted by Gasteiger charge is 2.41. The number of aryl methyl sites for hydroxylation is 1. The lowest BCUT2D eigenvalue weighted by atomic mass is 9.95. The van der Waals surface area contributed by atoms with Crippen LogP contribution in [0.3, 0.4) is 0 Å². The molecule has 5 nitrogen and oxygen atoms in total. The summed E-state index contributed by atoms with van der Waals surface area (Å²) >= 11 is 0. The molecule has 31 heavy (non-hydrogen) atoms. The smallest absolute Gasteiger partial charge is 0.214 e. The third-order valence-corrected chi connectivity index (χ3v) is 5.86. The van der Waals surface area contributed by atoms with Crippen molar-refractivity contribution >= 4 is 5.71 Å². The fourth-order valence-electron chi connectivity index (χ4n) is 4.29. The summed E-state index contributed by atoms with van der Waals surface area (Å²) in [6.07, 6.45) is 0.501. The minimum absolute atomic E-state index is 0.129. The Morgan fingerprint density at radius 3 is 2.61 bits per heavy atom. The molecule has 0 aromatic heterocycles. The Kier molecular flexibility index (Phi) is 5.02. The topological polar surface area (TPSA) is 43.3 Å². The van der Waals surface area contributed by atoms with Crippen molar-refractivity contribution in [3.05, 3.63) is 89.0 Å². The number of rotatable bonds is 5. The van der Waals surface area contributed by atoms with Crippen LogP contribution in [0.2, 0.25) is 0 Å². The molecule has 0 aliphatic carbocycles. The molecule has 0 bridgehead atoms. The van der Waals surface area contributed by atoms with Gasteiger partial charge in [-0.2, -0.15) is 5.10 Å². The van der Waals surface area contributed by atoms with Crippen molar-refractivity contribution in [2.75, 3.05) is 13.7 Å². The lowest BCUT2D eigenvalue weighted by molar-refractivity contribution is -0.0191. The van der Waals surface area contributed by atoms with Crippen LogP contribution in [-0.2, 0) is 0 Å². The highest BCUT2D eigenvalue weighted by Crippen LogP contribution is 2.48. The van der Waals surface area contributed by atoms with Crippen molar-refractivity contribution in [1.29, 1.82) is 0 Å². The largest absolute Gasteiger partial charge is 0.493 e. The molecular weight excluding hydrogens is 388 g/mol. The van der Waals surface area contributed by atoms with E-state index in [0.29, 0.717) is 12.4 Å². The van der Waals surface area contributed by atoms with Crippen molar-refractivity contribution in [2.24, 2.45) is 5.10 Å². The second-order valence-electron chi connectivity index (χ2n) is 7.86. The summed E-state index contributed by atoms with van der Waals surface area (Å²) in [6, 6.07) is 22.9. The van der Waals surface area contributed by atoms with Crippen LogP contribution in [-0.4, -0.2) is 24.4 Å². The molecule has 0 saturated carbocycles.